The van der Waals surface area contributed by atoms with Crippen LogP contribution in [-0.4, -0.2) is 20.7 Å². The van der Waals surface area contributed by atoms with Crippen molar-refractivity contribution >= 4 is 23.3 Å². The Morgan fingerprint density at radius 3 is 2.31 bits per heavy atom. The van der Waals surface area contributed by atoms with Crippen LogP contribution in [0.15, 0.2) is 24.3 Å². The predicted molar refractivity (Wildman–Crippen MR) is 45.1 cm³/mol. The van der Waals surface area contributed by atoms with Gasteiger partial charge in [-0.1, -0.05) is 12.1 Å². The van der Waals surface area contributed by atoms with Crippen molar-refractivity contribution in [1.29, 1.82) is 0 Å². The zero-order valence-electron chi connectivity index (χ0n) is 8.17. The van der Waals surface area contributed by atoms with Crippen LogP contribution in [-0.2, 0) is 15.5 Å². The third kappa shape index (κ3) is 4.42. The van der Waals surface area contributed by atoms with Gasteiger partial charge in [0.05, 0.1) is 11.5 Å². The van der Waals surface area contributed by atoms with Crippen LogP contribution in [0.5, 0.6) is 0 Å². The van der Waals surface area contributed by atoms with Gasteiger partial charge in [-0.15, -0.1) is 0 Å². The minimum absolute atomic E-state index is 0. The standard InChI is InChI=1S/C8H6O6S.Na/c9-7(10)5-2-1-3-6(4-5)8(11)14-15(12)13;/h1-4H,(H,9,10)(H,12,13);/q;+1/p-2. The Labute approximate surface area is 115 Å². The molecule has 1 aromatic rings. The average Bonchev–Trinajstić information content (AvgIpc) is 2.17. The van der Waals surface area contributed by atoms with Gasteiger partial charge < -0.3 is 18.6 Å². The van der Waals surface area contributed by atoms with E-state index in [4.69, 9.17) is 0 Å². The van der Waals surface area contributed by atoms with Crippen molar-refractivity contribution in [3.8, 4) is 0 Å². The van der Waals surface area contributed by atoms with Crippen LogP contribution < -0.4 is 34.7 Å². The summed E-state index contributed by atoms with van der Waals surface area (Å²) in [6.07, 6.45) is 0. The van der Waals surface area contributed by atoms with Gasteiger partial charge in [-0.2, -0.15) is 0 Å². The van der Waals surface area contributed by atoms with Crippen LogP contribution in [0.25, 0.3) is 0 Å². The van der Waals surface area contributed by atoms with E-state index in [-0.39, 0.29) is 40.7 Å². The maximum Gasteiger partial charge on any atom is 1.00 e. The van der Waals surface area contributed by atoms with Gasteiger partial charge in [0.25, 0.3) is 0 Å². The molecule has 0 saturated heterocycles. The summed E-state index contributed by atoms with van der Waals surface area (Å²) in [6.45, 7) is 0. The van der Waals surface area contributed by atoms with E-state index in [1.54, 1.807) is 0 Å². The van der Waals surface area contributed by atoms with Gasteiger partial charge in [-0.3, -0.25) is 0 Å². The van der Waals surface area contributed by atoms with Crippen LogP contribution >= 0.6 is 0 Å². The topological polar surface area (TPSA) is 107 Å². The van der Waals surface area contributed by atoms with Gasteiger partial charge in [0.1, 0.15) is 11.4 Å². The van der Waals surface area contributed by atoms with Gasteiger partial charge in [-0.25, -0.2) is 9.00 Å². The molecule has 8 heteroatoms. The van der Waals surface area contributed by atoms with Gasteiger partial charge >= 0.3 is 35.5 Å². The molecule has 0 bridgehead atoms. The van der Waals surface area contributed by atoms with Gasteiger partial charge in [-0.05, 0) is 17.7 Å². The first-order chi connectivity index (χ1) is 7.00. The monoisotopic (exact) mass is 251 g/mol. The molecule has 0 amide bonds. The molecule has 0 spiro atoms. The molecule has 0 N–H and O–H groups in total. The Balaban J connectivity index is 0.00000225. The molecule has 0 radical (unpaired) electrons. The number of carbonyl (C=O) groups excluding carboxylic acids is 2. The maximum atomic E-state index is 11.0. The zero-order chi connectivity index (χ0) is 11.4. The van der Waals surface area contributed by atoms with E-state index in [1.807, 2.05) is 0 Å². The van der Waals surface area contributed by atoms with Crippen LogP contribution in [0.4, 0.5) is 0 Å². The van der Waals surface area contributed by atoms with Gasteiger partial charge in [0.15, 0.2) is 0 Å². The van der Waals surface area contributed by atoms with Crippen molar-refractivity contribution in [1.82, 2.24) is 0 Å². The van der Waals surface area contributed by atoms with Crippen molar-refractivity contribution in [2.75, 3.05) is 0 Å². The van der Waals surface area contributed by atoms with Crippen molar-refractivity contribution in [2.45, 2.75) is 0 Å². The molecule has 0 fully saturated rings. The summed E-state index contributed by atoms with van der Waals surface area (Å²) in [5, 5.41) is 10.4. The van der Waals surface area contributed by atoms with E-state index >= 15 is 0 Å². The summed E-state index contributed by atoms with van der Waals surface area (Å²) < 4.78 is 23.9. The first kappa shape index (κ1) is 15.3. The van der Waals surface area contributed by atoms with Crippen LogP contribution in [0.1, 0.15) is 20.7 Å². The average molecular weight is 251 g/mol. The third-order valence-corrected chi connectivity index (χ3v) is 1.77. The van der Waals surface area contributed by atoms with Crippen molar-refractivity contribution in [2.24, 2.45) is 0 Å². The smallest absolute Gasteiger partial charge is 0.740 e. The van der Waals surface area contributed by atoms with Crippen LogP contribution in [0, 0.1) is 0 Å². The molecule has 0 aliphatic rings. The second-order valence-electron chi connectivity index (χ2n) is 2.44. The molecule has 0 heterocycles. The van der Waals surface area contributed by atoms with E-state index < -0.39 is 23.3 Å². The van der Waals surface area contributed by atoms with Crippen molar-refractivity contribution in [3.63, 3.8) is 0 Å². The summed E-state index contributed by atoms with van der Waals surface area (Å²) in [7, 11) is 0. The Bertz CT molecular complexity index is 432. The largest absolute Gasteiger partial charge is 1.00 e. The van der Waals surface area contributed by atoms with E-state index in [0.29, 0.717) is 0 Å². The zero-order valence-corrected chi connectivity index (χ0v) is 11.0. The number of carboxylic acids is 1. The second-order valence-corrected chi connectivity index (χ2v) is 3.02. The molecule has 0 aliphatic heterocycles. The van der Waals surface area contributed by atoms with E-state index in [1.165, 1.54) is 18.2 Å². The van der Waals surface area contributed by atoms with E-state index in [0.717, 1.165) is 6.07 Å². The molecule has 80 valence electrons. The Kier molecular flexibility index (Phi) is 6.46. The third-order valence-electron chi connectivity index (χ3n) is 1.48. The molecule has 16 heavy (non-hydrogen) atoms. The molecule has 1 aromatic carbocycles. The quantitative estimate of drug-likeness (QED) is 0.400. The summed E-state index contributed by atoms with van der Waals surface area (Å²) >= 11 is -2.98. The number of hydrogen-bond acceptors (Lipinski definition) is 6. The Hall–Kier alpha value is -0.730. The van der Waals surface area contributed by atoms with E-state index in [2.05, 4.69) is 4.18 Å². The maximum absolute atomic E-state index is 11.0. The summed E-state index contributed by atoms with van der Waals surface area (Å²) in [4.78, 5) is 21.4. The minimum atomic E-state index is -2.98. The molecule has 0 aromatic heterocycles. The SMILES string of the molecule is O=C([O-])c1cccc(C(=O)OS(=O)[O-])c1.[Na+]. The summed E-state index contributed by atoms with van der Waals surface area (Å²) in [5.74, 6) is -2.61. The number of benzene rings is 1. The number of aromatic carboxylic acids is 1. The Morgan fingerprint density at radius 2 is 1.81 bits per heavy atom. The second kappa shape index (κ2) is 6.77. The number of rotatable bonds is 3. The van der Waals surface area contributed by atoms with Gasteiger partial charge in [0, 0.05) is 0 Å². The van der Waals surface area contributed by atoms with E-state index in [9.17, 15) is 23.5 Å². The van der Waals surface area contributed by atoms with Crippen LogP contribution in [0.2, 0.25) is 0 Å². The Morgan fingerprint density at radius 1 is 1.25 bits per heavy atom. The molecule has 1 atom stereocenters. The minimum Gasteiger partial charge on any atom is -0.740 e. The normalized spacial score (nSPS) is 11.1. The summed E-state index contributed by atoms with van der Waals surface area (Å²) in [5.41, 5.74) is -0.415. The fraction of sp³-hybridized carbons (Fsp3) is 0. The summed E-state index contributed by atoms with van der Waals surface area (Å²) in [6, 6.07) is 4.67. The first-order valence-corrected chi connectivity index (χ1v) is 4.64. The fourth-order valence-corrected chi connectivity index (χ4v) is 1.10. The molecule has 6 nitrogen and oxygen atoms in total. The molecule has 1 rings (SSSR count). The molecule has 1 unspecified atom stereocenters. The molecule has 0 aliphatic carbocycles. The molecular formula is C8H4NaO6S-. The predicted octanol–water partition coefficient (Wildman–Crippen LogP) is -3.99. The first-order valence-electron chi connectivity index (χ1n) is 3.64. The molecular weight excluding hydrogens is 247 g/mol. The number of hydrogen-bond donors (Lipinski definition) is 0. The number of carboxylic acid groups (broad SMARTS) is 1. The fourth-order valence-electron chi connectivity index (χ4n) is 0.883. The van der Waals surface area contributed by atoms with Gasteiger partial charge in [0.2, 0.25) is 0 Å². The van der Waals surface area contributed by atoms with Crippen LogP contribution in [0.3, 0.4) is 0 Å². The van der Waals surface area contributed by atoms with Crippen molar-refractivity contribution < 1.29 is 57.2 Å². The molecule has 0 saturated carbocycles. The number of carbonyl (C=O) groups is 2. The van der Waals surface area contributed by atoms with Crippen molar-refractivity contribution in [3.05, 3.63) is 35.4 Å².